The highest BCUT2D eigenvalue weighted by Crippen LogP contribution is 2.68. The number of nitrogens with zero attached hydrogens (tertiary/aromatic N) is 3. The molecule has 6 nitrogen and oxygen atoms in total. The molecule has 1 aromatic rings. The number of allylic oxidation sites excluding steroid dienone is 8. The lowest BCUT2D eigenvalue weighted by atomic mass is 9.69. The van der Waals surface area contributed by atoms with E-state index in [0.717, 1.165) is 36.1 Å². The lowest BCUT2D eigenvalue weighted by molar-refractivity contribution is 0.179. The summed E-state index contributed by atoms with van der Waals surface area (Å²) in [7, 11) is 0. The highest BCUT2D eigenvalue weighted by Gasteiger charge is 2.59. The second-order valence-corrected chi connectivity index (χ2v) is 15.6. The second-order valence-electron chi connectivity index (χ2n) is 15.6. The maximum Gasteiger partial charge on any atom is 0.323 e. The quantitative estimate of drug-likeness (QED) is 0.316. The van der Waals surface area contributed by atoms with Crippen LogP contribution in [-0.2, 0) is 0 Å². The van der Waals surface area contributed by atoms with E-state index < -0.39 is 0 Å². The minimum Gasteiger partial charge on any atom is -0.464 e. The molecular weight excluding hydrogens is 554 g/mol. The van der Waals surface area contributed by atoms with Gasteiger partial charge in [0, 0.05) is 22.2 Å². The average Bonchev–Trinajstić information content (AvgIpc) is 3.52. The molecule has 0 spiro atoms. The molecule has 4 atom stereocenters. The fraction of sp³-hybridized carbons (Fsp3) is 0.564. The number of hydrogen-bond acceptors (Lipinski definition) is 6. The van der Waals surface area contributed by atoms with Crippen LogP contribution in [-0.4, -0.2) is 21.6 Å². The summed E-state index contributed by atoms with van der Waals surface area (Å²) in [4.78, 5) is 13.7. The van der Waals surface area contributed by atoms with Crippen molar-refractivity contribution in [3.63, 3.8) is 0 Å². The Labute approximate surface area is 269 Å². The Kier molecular flexibility index (Phi) is 7.19. The number of nitrogens with one attached hydrogen (secondary N) is 2. The molecule has 6 aliphatic carbocycles. The molecule has 0 amide bonds. The summed E-state index contributed by atoms with van der Waals surface area (Å²) in [5, 5.41) is 6.76. The molecule has 2 N–H and O–H groups in total. The zero-order valence-corrected chi connectivity index (χ0v) is 28.2. The Morgan fingerprint density at radius 1 is 0.711 bits per heavy atom. The van der Waals surface area contributed by atoms with Crippen LogP contribution < -0.4 is 15.4 Å². The van der Waals surface area contributed by atoms with Crippen LogP contribution in [0.2, 0.25) is 0 Å². The van der Waals surface area contributed by atoms with Gasteiger partial charge in [-0.2, -0.15) is 15.0 Å². The molecule has 4 saturated carbocycles. The van der Waals surface area contributed by atoms with Gasteiger partial charge >= 0.3 is 6.01 Å². The number of anilines is 2. The summed E-state index contributed by atoms with van der Waals surface area (Å²) >= 11 is 0. The Bertz CT molecular complexity index is 1570. The first-order valence-electron chi connectivity index (χ1n) is 17.1. The highest BCUT2D eigenvalue weighted by atomic mass is 16.5. The van der Waals surface area contributed by atoms with Crippen LogP contribution in [0.4, 0.5) is 11.9 Å². The molecule has 6 aliphatic rings. The van der Waals surface area contributed by atoms with E-state index >= 15 is 0 Å². The molecule has 1 heterocycles. The molecule has 45 heavy (non-hydrogen) atoms. The van der Waals surface area contributed by atoms with Gasteiger partial charge in [0.1, 0.15) is 0 Å². The van der Waals surface area contributed by atoms with Gasteiger partial charge in [0.05, 0.1) is 6.61 Å². The Morgan fingerprint density at radius 3 is 1.51 bits per heavy atom. The van der Waals surface area contributed by atoms with E-state index in [2.05, 4.69) is 115 Å². The van der Waals surface area contributed by atoms with Crippen LogP contribution in [0.25, 0.3) is 0 Å². The van der Waals surface area contributed by atoms with E-state index in [4.69, 9.17) is 4.74 Å². The van der Waals surface area contributed by atoms with Crippen molar-refractivity contribution in [2.24, 2.45) is 33.5 Å². The van der Waals surface area contributed by atoms with E-state index in [9.17, 15) is 0 Å². The van der Waals surface area contributed by atoms with Gasteiger partial charge in [-0.25, -0.2) is 0 Å². The van der Waals surface area contributed by atoms with Gasteiger partial charge in [-0.15, -0.1) is 11.5 Å². The van der Waals surface area contributed by atoms with Crippen molar-refractivity contribution in [1.29, 1.82) is 0 Å². The minimum atomic E-state index is 0.272. The SMILES string of the molecule is CCOc1nc(NC2=CCC(=C=C3CC4CCC3(C)C4(C)C)C=C2)nc(NC2=CCC(=C=C3CC4CCC3(C)C4(C)C)C=C2)n1. The third-order valence-electron chi connectivity index (χ3n) is 13.1. The Balaban J connectivity index is 1.04. The van der Waals surface area contributed by atoms with Gasteiger partial charge in [-0.05, 0) is 128 Å². The van der Waals surface area contributed by atoms with E-state index in [1.807, 2.05) is 6.92 Å². The van der Waals surface area contributed by atoms with Crippen LogP contribution in [0.5, 0.6) is 6.01 Å². The smallest absolute Gasteiger partial charge is 0.323 e. The van der Waals surface area contributed by atoms with Gasteiger partial charge in [-0.1, -0.05) is 53.7 Å². The predicted octanol–water partition coefficient (Wildman–Crippen LogP) is 9.38. The standard InChI is InChI=1S/C39H49N5O/c1-8-45-35-43-33(40-31-13-9-25(10-14-31)21-29-23-27-17-19-38(29,6)36(27,2)3)42-34(44-35)41-32-15-11-26(12-16-32)22-30-24-28-18-20-39(30,7)37(28,4)5/h9,11,13-16,27-28H,8,10,12,17-20,23-24H2,1-7H3,(H2,40,41,42,43,44). The first-order valence-corrected chi connectivity index (χ1v) is 17.1. The normalized spacial score (nSPS) is 32.0. The van der Waals surface area contributed by atoms with Crippen molar-refractivity contribution in [3.05, 3.63) is 81.6 Å². The summed E-state index contributed by atoms with van der Waals surface area (Å²) in [5.41, 5.74) is 16.4. The molecule has 4 fully saturated rings. The number of hydrogen-bond donors (Lipinski definition) is 2. The van der Waals surface area contributed by atoms with Crippen LogP contribution in [0.1, 0.15) is 99.8 Å². The fourth-order valence-electron chi connectivity index (χ4n) is 9.08. The summed E-state index contributed by atoms with van der Waals surface area (Å²) in [6.45, 7) is 17.1. The van der Waals surface area contributed by atoms with Crippen LogP contribution in [0.3, 0.4) is 0 Å². The summed E-state index contributed by atoms with van der Waals surface area (Å²) < 4.78 is 5.70. The summed E-state index contributed by atoms with van der Waals surface area (Å²) in [5.74, 6) is 2.49. The maximum atomic E-state index is 5.70. The number of aromatic nitrogens is 3. The van der Waals surface area contributed by atoms with Crippen LogP contribution in [0.15, 0.2) is 81.6 Å². The van der Waals surface area contributed by atoms with Crippen LogP contribution in [0, 0.1) is 33.5 Å². The van der Waals surface area contributed by atoms with Crippen molar-refractivity contribution >= 4 is 11.9 Å². The van der Waals surface area contributed by atoms with Gasteiger partial charge in [-0.3, -0.25) is 0 Å². The molecule has 7 rings (SSSR count). The number of ether oxygens (including phenoxy) is 1. The fourth-order valence-corrected chi connectivity index (χ4v) is 9.08. The molecule has 236 valence electrons. The molecule has 0 aromatic carbocycles. The largest absolute Gasteiger partial charge is 0.464 e. The number of rotatable bonds is 6. The lowest BCUT2D eigenvalue weighted by Crippen LogP contribution is -2.27. The minimum absolute atomic E-state index is 0.272. The summed E-state index contributed by atoms with van der Waals surface area (Å²) in [6.07, 6.45) is 22.2. The van der Waals surface area contributed by atoms with Gasteiger partial charge in [0.25, 0.3) is 0 Å². The topological polar surface area (TPSA) is 72.0 Å². The zero-order valence-electron chi connectivity index (χ0n) is 28.2. The van der Waals surface area contributed by atoms with Crippen molar-refractivity contribution < 1.29 is 4.74 Å². The molecule has 0 saturated heterocycles. The van der Waals surface area contributed by atoms with Crippen molar-refractivity contribution in [3.8, 4) is 6.01 Å². The van der Waals surface area contributed by atoms with Crippen molar-refractivity contribution in [2.45, 2.75) is 99.8 Å². The maximum absolute atomic E-state index is 5.70. The molecule has 4 bridgehead atoms. The monoisotopic (exact) mass is 603 g/mol. The Morgan fingerprint density at radius 2 is 1.18 bits per heavy atom. The predicted molar refractivity (Wildman–Crippen MR) is 181 cm³/mol. The molecular formula is C39H49N5O. The van der Waals surface area contributed by atoms with Gasteiger partial charge in [0.2, 0.25) is 11.9 Å². The average molecular weight is 604 g/mol. The van der Waals surface area contributed by atoms with Gasteiger partial charge in [0.15, 0.2) is 0 Å². The highest BCUT2D eigenvalue weighted by molar-refractivity contribution is 5.51. The third kappa shape index (κ3) is 4.98. The first-order chi connectivity index (χ1) is 21.4. The lowest BCUT2D eigenvalue weighted by Gasteiger charge is -2.34. The Hall–Kier alpha value is -3.59. The van der Waals surface area contributed by atoms with Crippen molar-refractivity contribution in [2.75, 3.05) is 17.2 Å². The summed E-state index contributed by atoms with van der Waals surface area (Å²) in [6, 6.07) is 0.299. The van der Waals surface area contributed by atoms with Crippen LogP contribution >= 0.6 is 0 Å². The van der Waals surface area contributed by atoms with Crippen molar-refractivity contribution in [1.82, 2.24) is 15.0 Å². The zero-order chi connectivity index (χ0) is 31.6. The van der Waals surface area contributed by atoms with E-state index in [1.165, 1.54) is 60.8 Å². The first kappa shape index (κ1) is 30.1. The van der Waals surface area contributed by atoms with E-state index in [0.29, 0.717) is 35.3 Å². The second kappa shape index (κ2) is 10.7. The van der Waals surface area contributed by atoms with E-state index in [1.54, 1.807) is 0 Å². The molecule has 0 aliphatic heterocycles. The van der Waals surface area contributed by atoms with E-state index in [-0.39, 0.29) is 10.8 Å². The molecule has 6 heteroatoms. The molecule has 1 aromatic heterocycles. The molecule has 0 radical (unpaired) electrons. The van der Waals surface area contributed by atoms with Gasteiger partial charge < -0.3 is 15.4 Å². The molecule has 4 unspecified atom stereocenters. The third-order valence-corrected chi connectivity index (χ3v) is 13.1. The number of fused-ring (bicyclic) bond motifs is 4.